The van der Waals surface area contributed by atoms with Gasteiger partial charge < -0.3 is 69.7 Å². The molecule has 43 heavy (non-hydrogen) atoms. The molecule has 10 unspecified atom stereocenters. The summed E-state index contributed by atoms with van der Waals surface area (Å²) in [5.41, 5.74) is -1.34. The van der Waals surface area contributed by atoms with Crippen molar-refractivity contribution < 1.29 is 74.4 Å². The van der Waals surface area contributed by atoms with Gasteiger partial charge in [-0.1, -0.05) is 0 Å². The van der Waals surface area contributed by atoms with E-state index in [0.29, 0.717) is 0 Å². The number of aliphatic hydroxyl groups excluding tert-OH is 7. The molecule has 10 N–H and O–H groups in total. The summed E-state index contributed by atoms with van der Waals surface area (Å²) in [6, 6.07) is 6.95. The SMILES string of the molecule is CC1OC(Oc2c(-c3ccc(O)cc3)oc3cc(O)cc(O)c3c2=O)(OC2OC(CO)C(O)C(O)C2O)C(O)C(O)C1O. The molecule has 0 spiro atoms. The molecule has 16 heteroatoms. The van der Waals surface area contributed by atoms with Gasteiger partial charge in [-0.25, -0.2) is 0 Å². The summed E-state index contributed by atoms with van der Waals surface area (Å²) in [7, 11) is 0. The summed E-state index contributed by atoms with van der Waals surface area (Å²) in [6.07, 6.45) is -16.9. The first-order chi connectivity index (χ1) is 20.3. The highest BCUT2D eigenvalue weighted by Crippen LogP contribution is 2.41. The van der Waals surface area contributed by atoms with Gasteiger partial charge in [-0.15, -0.1) is 0 Å². The maximum absolute atomic E-state index is 13.9. The third kappa shape index (κ3) is 5.38. The molecule has 0 aliphatic carbocycles. The van der Waals surface area contributed by atoms with Crippen molar-refractivity contribution in [1.29, 1.82) is 0 Å². The minimum Gasteiger partial charge on any atom is -0.508 e. The molecular weight excluding hydrogens is 580 g/mol. The summed E-state index contributed by atoms with van der Waals surface area (Å²) in [4.78, 5) is 13.9. The van der Waals surface area contributed by atoms with E-state index in [1.165, 1.54) is 31.2 Å². The molecule has 16 nitrogen and oxygen atoms in total. The van der Waals surface area contributed by atoms with Crippen molar-refractivity contribution in [2.45, 2.75) is 68.0 Å². The molecule has 0 radical (unpaired) electrons. The summed E-state index contributed by atoms with van der Waals surface area (Å²) < 4.78 is 28.4. The van der Waals surface area contributed by atoms with Crippen LogP contribution in [0.25, 0.3) is 22.3 Å². The normalized spacial score (nSPS) is 34.7. The van der Waals surface area contributed by atoms with Crippen LogP contribution < -0.4 is 10.2 Å². The Hall–Kier alpha value is -3.55. The Kier molecular flexibility index (Phi) is 8.27. The third-order valence-corrected chi connectivity index (χ3v) is 7.29. The summed E-state index contributed by atoms with van der Waals surface area (Å²) in [5.74, 6) is -5.63. The van der Waals surface area contributed by atoms with Gasteiger partial charge in [-0.2, -0.15) is 0 Å². The van der Waals surface area contributed by atoms with Crippen molar-refractivity contribution in [3.8, 4) is 34.3 Å². The van der Waals surface area contributed by atoms with Gasteiger partial charge in [-0.05, 0) is 31.2 Å². The first-order valence-electron chi connectivity index (χ1n) is 13.0. The van der Waals surface area contributed by atoms with Crippen molar-refractivity contribution in [3.63, 3.8) is 0 Å². The Morgan fingerprint density at radius 2 is 1.53 bits per heavy atom. The van der Waals surface area contributed by atoms with Crippen molar-refractivity contribution in [2.24, 2.45) is 0 Å². The maximum atomic E-state index is 13.9. The van der Waals surface area contributed by atoms with Gasteiger partial charge in [0.05, 0.1) is 12.7 Å². The second kappa shape index (κ2) is 11.5. The Balaban J connectivity index is 1.71. The van der Waals surface area contributed by atoms with Crippen LogP contribution in [0.3, 0.4) is 0 Å². The van der Waals surface area contributed by atoms with E-state index in [1.54, 1.807) is 0 Å². The maximum Gasteiger partial charge on any atom is 0.360 e. The number of fused-ring (bicyclic) bond motifs is 1. The van der Waals surface area contributed by atoms with Crippen LogP contribution in [0.4, 0.5) is 0 Å². The average Bonchev–Trinajstić information content (AvgIpc) is 2.96. The molecule has 234 valence electrons. The molecule has 1 aromatic heterocycles. The van der Waals surface area contributed by atoms with E-state index in [2.05, 4.69) is 0 Å². The van der Waals surface area contributed by atoms with Gasteiger partial charge in [0.15, 0.2) is 18.2 Å². The number of hydrogen-bond acceptors (Lipinski definition) is 16. The first-order valence-corrected chi connectivity index (χ1v) is 13.0. The highest BCUT2D eigenvalue weighted by Gasteiger charge is 2.60. The van der Waals surface area contributed by atoms with Crippen molar-refractivity contribution >= 4 is 11.0 Å². The number of rotatable bonds is 6. The van der Waals surface area contributed by atoms with E-state index < -0.39 is 102 Å². The van der Waals surface area contributed by atoms with Gasteiger partial charge in [0.1, 0.15) is 64.8 Å². The van der Waals surface area contributed by atoms with Gasteiger partial charge in [0.25, 0.3) is 0 Å². The van der Waals surface area contributed by atoms with Gasteiger partial charge in [0, 0.05) is 17.7 Å². The van der Waals surface area contributed by atoms with E-state index in [9.17, 15) is 55.9 Å². The smallest absolute Gasteiger partial charge is 0.360 e. The van der Waals surface area contributed by atoms with E-state index >= 15 is 0 Å². The lowest BCUT2D eigenvalue weighted by Gasteiger charge is -2.49. The molecule has 5 rings (SSSR count). The van der Waals surface area contributed by atoms with Crippen LogP contribution in [-0.2, 0) is 14.2 Å². The van der Waals surface area contributed by atoms with E-state index in [0.717, 1.165) is 12.1 Å². The van der Waals surface area contributed by atoms with Gasteiger partial charge >= 0.3 is 5.97 Å². The van der Waals surface area contributed by atoms with Crippen molar-refractivity contribution in [1.82, 2.24) is 0 Å². The minimum absolute atomic E-state index is 0.0801. The van der Waals surface area contributed by atoms with Crippen LogP contribution in [0.2, 0.25) is 0 Å². The van der Waals surface area contributed by atoms with Crippen LogP contribution in [0.1, 0.15) is 6.92 Å². The number of ether oxygens (including phenoxy) is 4. The van der Waals surface area contributed by atoms with Gasteiger partial charge in [-0.3, -0.25) is 9.53 Å². The zero-order chi connectivity index (χ0) is 31.4. The van der Waals surface area contributed by atoms with Crippen LogP contribution in [0, 0.1) is 0 Å². The zero-order valence-electron chi connectivity index (χ0n) is 22.3. The highest BCUT2D eigenvalue weighted by molar-refractivity contribution is 5.88. The largest absolute Gasteiger partial charge is 0.508 e. The number of phenols is 3. The topological polar surface area (TPSA) is 269 Å². The third-order valence-electron chi connectivity index (χ3n) is 7.29. The van der Waals surface area contributed by atoms with Crippen LogP contribution in [-0.4, -0.2) is 119 Å². The Labute approximate surface area is 241 Å². The predicted molar refractivity (Wildman–Crippen MR) is 140 cm³/mol. The molecule has 2 aliphatic rings. The minimum atomic E-state index is -3.04. The molecule has 2 aromatic carbocycles. The highest BCUT2D eigenvalue weighted by atomic mass is 16.9. The molecule has 0 bridgehead atoms. The van der Waals surface area contributed by atoms with Gasteiger partial charge in [0.2, 0.25) is 11.2 Å². The molecule has 2 fully saturated rings. The fourth-order valence-corrected chi connectivity index (χ4v) is 4.91. The second-order valence-corrected chi connectivity index (χ2v) is 10.2. The number of phenolic OH excluding ortho intramolecular Hbond substituents is 3. The number of hydrogen-bond donors (Lipinski definition) is 10. The predicted octanol–water partition coefficient (Wildman–Crippen LogP) is -2.07. The Bertz CT molecular complexity index is 1520. The molecule has 2 aliphatic heterocycles. The number of aliphatic hydroxyl groups is 7. The fourth-order valence-electron chi connectivity index (χ4n) is 4.91. The second-order valence-electron chi connectivity index (χ2n) is 10.2. The molecule has 2 saturated heterocycles. The standard InChI is InChI=1S/C27H30O16/c1-9-17(32)21(36)25(38)27(41-9,43-26-22(37)20(35)18(33)15(8-28)40-26)42-24-19(34)16-13(31)6-12(30)7-14(16)39-23(24)10-2-4-11(29)5-3-10/h2-7,9,15,17-18,20-22,25-26,28-33,35-38H,8H2,1H3. The molecule has 3 heterocycles. The lowest BCUT2D eigenvalue weighted by atomic mass is 9.97. The van der Waals surface area contributed by atoms with Crippen LogP contribution in [0.5, 0.6) is 23.0 Å². The average molecular weight is 611 g/mol. The Morgan fingerprint density at radius 3 is 2.19 bits per heavy atom. The zero-order valence-corrected chi connectivity index (χ0v) is 22.3. The monoisotopic (exact) mass is 610 g/mol. The quantitative estimate of drug-likeness (QED) is 0.134. The van der Waals surface area contributed by atoms with Crippen molar-refractivity contribution in [2.75, 3.05) is 6.61 Å². The summed E-state index contributed by atoms with van der Waals surface area (Å²) in [5, 5.41) is 103. The molecule has 3 aromatic rings. The fraction of sp³-hybridized carbons (Fsp3) is 0.444. The molecule has 0 saturated carbocycles. The van der Waals surface area contributed by atoms with Crippen molar-refractivity contribution in [3.05, 3.63) is 46.6 Å². The number of aromatic hydroxyl groups is 3. The summed E-state index contributed by atoms with van der Waals surface area (Å²) >= 11 is 0. The van der Waals surface area contributed by atoms with Crippen LogP contribution in [0.15, 0.2) is 45.6 Å². The Morgan fingerprint density at radius 1 is 0.860 bits per heavy atom. The van der Waals surface area contributed by atoms with E-state index in [1.807, 2.05) is 0 Å². The number of benzene rings is 2. The van der Waals surface area contributed by atoms with E-state index in [4.69, 9.17) is 23.4 Å². The first kappa shape index (κ1) is 30.9. The van der Waals surface area contributed by atoms with E-state index in [-0.39, 0.29) is 16.9 Å². The lowest BCUT2D eigenvalue weighted by molar-refractivity contribution is -0.475. The molecule has 0 amide bonds. The van der Waals surface area contributed by atoms with Crippen LogP contribution >= 0.6 is 0 Å². The summed E-state index contributed by atoms with van der Waals surface area (Å²) in [6.45, 7) is 0.387. The lowest BCUT2D eigenvalue weighted by Crippen LogP contribution is -2.70. The molecule has 10 atom stereocenters. The molecular formula is C27H30O16.